The Morgan fingerprint density at radius 2 is 2.31 bits per heavy atom. The van der Waals surface area contributed by atoms with Crippen LogP contribution < -0.4 is 5.73 Å². The molecule has 0 atom stereocenters. The fourth-order valence-corrected chi connectivity index (χ4v) is 2.32. The summed E-state index contributed by atoms with van der Waals surface area (Å²) in [5.74, 6) is 0.292. The van der Waals surface area contributed by atoms with E-state index in [4.69, 9.17) is 11.1 Å². The van der Waals surface area contributed by atoms with Gasteiger partial charge in [0.2, 0.25) is 0 Å². The van der Waals surface area contributed by atoms with Crippen LogP contribution in [0.3, 0.4) is 0 Å². The molecule has 0 bridgehead atoms. The lowest BCUT2D eigenvalue weighted by atomic mass is 10.2. The summed E-state index contributed by atoms with van der Waals surface area (Å²) in [5.41, 5.74) is 5.36. The quantitative estimate of drug-likeness (QED) is 0.568. The van der Waals surface area contributed by atoms with Gasteiger partial charge in [0.25, 0.3) is 0 Å². The van der Waals surface area contributed by atoms with Gasteiger partial charge in [-0.2, -0.15) is 0 Å². The van der Waals surface area contributed by atoms with Crippen LogP contribution in [0, 0.1) is 5.41 Å². The number of amidine groups is 1. The summed E-state index contributed by atoms with van der Waals surface area (Å²) in [6.45, 7) is 6.44. The molecule has 90 valence electrons. The number of thiophene rings is 1. The van der Waals surface area contributed by atoms with Crippen molar-refractivity contribution < 1.29 is 0 Å². The van der Waals surface area contributed by atoms with Crippen LogP contribution in [0.4, 0.5) is 0 Å². The average Bonchev–Trinajstić information content (AvgIpc) is 2.68. The summed E-state index contributed by atoms with van der Waals surface area (Å²) >= 11 is 1.80. The SMILES string of the molecule is CC(C)N(CCCC(=N)N)Cc1cccs1. The molecule has 0 saturated carbocycles. The first-order valence-electron chi connectivity index (χ1n) is 5.69. The first kappa shape index (κ1) is 13.2. The molecular formula is C12H21N3S. The van der Waals surface area contributed by atoms with Gasteiger partial charge in [0, 0.05) is 23.9 Å². The lowest BCUT2D eigenvalue weighted by Crippen LogP contribution is -2.31. The number of hydrogen-bond donors (Lipinski definition) is 2. The van der Waals surface area contributed by atoms with E-state index in [0.29, 0.717) is 18.3 Å². The predicted octanol–water partition coefficient (Wildman–Crippen LogP) is 2.67. The van der Waals surface area contributed by atoms with E-state index in [0.717, 1.165) is 19.5 Å². The molecule has 1 aromatic heterocycles. The second-order valence-corrected chi connectivity index (χ2v) is 5.30. The molecule has 1 aromatic rings. The van der Waals surface area contributed by atoms with Crippen LogP contribution in [0.1, 0.15) is 31.6 Å². The van der Waals surface area contributed by atoms with Gasteiger partial charge in [-0.05, 0) is 38.3 Å². The third-order valence-corrected chi connectivity index (χ3v) is 3.42. The summed E-state index contributed by atoms with van der Waals surface area (Å²) in [6, 6.07) is 4.80. The summed E-state index contributed by atoms with van der Waals surface area (Å²) in [7, 11) is 0. The second-order valence-electron chi connectivity index (χ2n) is 4.27. The molecule has 0 aliphatic heterocycles. The Balaban J connectivity index is 2.39. The maximum Gasteiger partial charge on any atom is 0.0905 e. The van der Waals surface area contributed by atoms with Crippen LogP contribution in [0.2, 0.25) is 0 Å². The molecule has 3 N–H and O–H groups in total. The van der Waals surface area contributed by atoms with Gasteiger partial charge >= 0.3 is 0 Å². The first-order valence-corrected chi connectivity index (χ1v) is 6.57. The van der Waals surface area contributed by atoms with Crippen LogP contribution >= 0.6 is 11.3 Å². The Kier molecular flexibility index (Phi) is 5.49. The monoisotopic (exact) mass is 239 g/mol. The highest BCUT2D eigenvalue weighted by molar-refractivity contribution is 7.09. The van der Waals surface area contributed by atoms with Gasteiger partial charge in [-0.1, -0.05) is 6.07 Å². The summed E-state index contributed by atoms with van der Waals surface area (Å²) in [4.78, 5) is 3.82. The van der Waals surface area contributed by atoms with Crippen molar-refractivity contribution in [2.45, 2.75) is 39.3 Å². The molecule has 0 radical (unpaired) electrons. The molecule has 0 aliphatic rings. The predicted molar refractivity (Wildman–Crippen MR) is 71.0 cm³/mol. The topological polar surface area (TPSA) is 53.1 Å². The minimum Gasteiger partial charge on any atom is -0.388 e. The van der Waals surface area contributed by atoms with Crippen LogP contribution in [-0.4, -0.2) is 23.3 Å². The lowest BCUT2D eigenvalue weighted by Gasteiger charge is -2.25. The molecule has 3 nitrogen and oxygen atoms in total. The van der Waals surface area contributed by atoms with Crippen LogP contribution in [0.25, 0.3) is 0 Å². The van der Waals surface area contributed by atoms with Gasteiger partial charge in [-0.3, -0.25) is 10.3 Å². The molecule has 0 saturated heterocycles. The van der Waals surface area contributed by atoms with Crippen LogP contribution in [-0.2, 0) is 6.54 Å². The number of nitrogens with two attached hydrogens (primary N) is 1. The van der Waals surface area contributed by atoms with E-state index in [1.165, 1.54) is 4.88 Å². The maximum absolute atomic E-state index is 7.20. The summed E-state index contributed by atoms with van der Waals surface area (Å²) in [6.07, 6.45) is 1.67. The van der Waals surface area contributed by atoms with Gasteiger partial charge in [0.15, 0.2) is 0 Å². The highest BCUT2D eigenvalue weighted by Gasteiger charge is 2.10. The fraction of sp³-hybridized carbons (Fsp3) is 0.583. The molecular weight excluding hydrogens is 218 g/mol. The third kappa shape index (κ3) is 4.77. The van der Waals surface area contributed by atoms with Crippen LogP contribution in [0.5, 0.6) is 0 Å². The Bertz CT molecular complexity index is 306. The highest BCUT2D eigenvalue weighted by Crippen LogP contribution is 2.14. The van der Waals surface area contributed by atoms with E-state index in [1.807, 2.05) is 0 Å². The van der Waals surface area contributed by atoms with Crippen molar-refractivity contribution in [2.75, 3.05) is 6.54 Å². The summed E-state index contributed by atoms with van der Waals surface area (Å²) < 4.78 is 0. The Hall–Kier alpha value is -0.870. The largest absolute Gasteiger partial charge is 0.388 e. The van der Waals surface area contributed by atoms with Crippen molar-refractivity contribution in [1.29, 1.82) is 5.41 Å². The van der Waals surface area contributed by atoms with Crippen molar-refractivity contribution in [3.05, 3.63) is 22.4 Å². The average molecular weight is 239 g/mol. The number of nitrogens with one attached hydrogen (secondary N) is 1. The van der Waals surface area contributed by atoms with Gasteiger partial charge in [-0.15, -0.1) is 11.3 Å². The zero-order valence-corrected chi connectivity index (χ0v) is 10.9. The molecule has 1 rings (SSSR count). The lowest BCUT2D eigenvalue weighted by molar-refractivity contribution is 0.213. The number of nitrogens with zero attached hydrogens (tertiary/aromatic N) is 1. The van der Waals surface area contributed by atoms with Crippen molar-refractivity contribution >= 4 is 17.2 Å². The standard InChI is InChI=1S/C12H21N3S/c1-10(2)15(7-3-6-12(13)14)9-11-5-4-8-16-11/h4-5,8,10H,3,6-7,9H2,1-2H3,(H3,13,14). The minimum absolute atomic E-state index is 0.292. The normalized spacial score (nSPS) is 11.2. The minimum atomic E-state index is 0.292. The van der Waals surface area contributed by atoms with Crippen molar-refractivity contribution in [2.24, 2.45) is 5.73 Å². The second kappa shape index (κ2) is 6.66. The Morgan fingerprint density at radius 3 is 2.81 bits per heavy atom. The van der Waals surface area contributed by atoms with E-state index in [-0.39, 0.29) is 0 Å². The Morgan fingerprint density at radius 1 is 1.56 bits per heavy atom. The number of hydrogen-bond acceptors (Lipinski definition) is 3. The van der Waals surface area contributed by atoms with Gasteiger partial charge in [-0.25, -0.2) is 0 Å². The molecule has 0 unspecified atom stereocenters. The van der Waals surface area contributed by atoms with E-state index in [9.17, 15) is 0 Å². The smallest absolute Gasteiger partial charge is 0.0905 e. The molecule has 0 amide bonds. The molecule has 0 fully saturated rings. The highest BCUT2D eigenvalue weighted by atomic mass is 32.1. The van der Waals surface area contributed by atoms with E-state index in [2.05, 4.69) is 36.3 Å². The van der Waals surface area contributed by atoms with E-state index >= 15 is 0 Å². The molecule has 0 aromatic carbocycles. The summed E-state index contributed by atoms with van der Waals surface area (Å²) in [5, 5.41) is 9.32. The third-order valence-electron chi connectivity index (χ3n) is 2.56. The zero-order valence-electron chi connectivity index (χ0n) is 10.1. The van der Waals surface area contributed by atoms with Crippen molar-refractivity contribution in [3.8, 4) is 0 Å². The Labute approximate surface area is 102 Å². The van der Waals surface area contributed by atoms with Crippen molar-refractivity contribution in [3.63, 3.8) is 0 Å². The van der Waals surface area contributed by atoms with E-state index in [1.54, 1.807) is 11.3 Å². The molecule has 0 aliphatic carbocycles. The zero-order chi connectivity index (χ0) is 12.0. The van der Waals surface area contributed by atoms with Crippen molar-refractivity contribution in [1.82, 2.24) is 4.90 Å². The number of rotatable bonds is 7. The van der Waals surface area contributed by atoms with Crippen LogP contribution in [0.15, 0.2) is 17.5 Å². The first-order chi connectivity index (χ1) is 7.59. The fourth-order valence-electron chi connectivity index (χ4n) is 1.60. The maximum atomic E-state index is 7.20. The van der Waals surface area contributed by atoms with E-state index < -0.39 is 0 Å². The molecule has 4 heteroatoms. The molecule has 16 heavy (non-hydrogen) atoms. The van der Waals surface area contributed by atoms with Gasteiger partial charge < -0.3 is 5.73 Å². The van der Waals surface area contributed by atoms with Gasteiger partial charge in [0.05, 0.1) is 5.84 Å². The molecule has 0 spiro atoms. The van der Waals surface area contributed by atoms with Gasteiger partial charge in [0.1, 0.15) is 0 Å². The molecule has 1 heterocycles.